The minimum absolute atomic E-state index is 0.0550. The molecule has 3 rings (SSSR count). The normalized spacial score (nSPS) is 11.9. The number of likely N-dealkylation sites (N-methyl/N-ethyl adjacent to an activating group) is 1. The lowest BCUT2D eigenvalue weighted by Gasteiger charge is -2.22. The van der Waals surface area contributed by atoms with Crippen LogP contribution in [0.3, 0.4) is 0 Å². The Labute approximate surface area is 188 Å². The van der Waals surface area contributed by atoms with Crippen LogP contribution in [0.15, 0.2) is 66.7 Å². The van der Waals surface area contributed by atoms with E-state index >= 15 is 0 Å². The molecule has 0 amide bonds. The minimum Gasteiger partial charge on any atom is -0.486 e. The average Bonchev–Trinajstić information content (AvgIpc) is 2.74. The number of carbonyl (C=O) groups is 1. The van der Waals surface area contributed by atoms with Crippen LogP contribution in [0.1, 0.15) is 29.2 Å². The standard InChI is InChI=1S/C26H28FNO4/c1-18-4-13-24(19(2)16-18)31-22-9-11-23(12-10-22)32-25(14-15-28(3)17-26(29)30)20-5-7-21(27)8-6-20/h4-13,16,25H,14-15,17H2,1-3H3,(H,29,30). The first-order valence-electron chi connectivity index (χ1n) is 10.5. The summed E-state index contributed by atoms with van der Waals surface area (Å²) in [5.74, 6) is 0.946. The summed E-state index contributed by atoms with van der Waals surface area (Å²) in [5, 5.41) is 8.97. The van der Waals surface area contributed by atoms with E-state index in [9.17, 15) is 9.18 Å². The van der Waals surface area contributed by atoms with Gasteiger partial charge in [0.15, 0.2) is 0 Å². The summed E-state index contributed by atoms with van der Waals surface area (Å²) >= 11 is 0. The monoisotopic (exact) mass is 437 g/mol. The van der Waals surface area contributed by atoms with E-state index in [1.807, 2.05) is 50.2 Å². The molecule has 32 heavy (non-hydrogen) atoms. The molecule has 0 aliphatic rings. The highest BCUT2D eigenvalue weighted by molar-refractivity contribution is 5.69. The van der Waals surface area contributed by atoms with Gasteiger partial charge in [0, 0.05) is 13.0 Å². The fraction of sp³-hybridized carbons (Fsp3) is 0.269. The van der Waals surface area contributed by atoms with E-state index in [-0.39, 0.29) is 18.5 Å². The fourth-order valence-corrected chi connectivity index (χ4v) is 3.41. The molecule has 0 aromatic heterocycles. The van der Waals surface area contributed by atoms with Gasteiger partial charge in [-0.05, 0) is 74.5 Å². The lowest BCUT2D eigenvalue weighted by Crippen LogP contribution is -2.28. The molecule has 0 spiro atoms. The molecule has 168 valence electrons. The van der Waals surface area contributed by atoms with Gasteiger partial charge in [0.25, 0.3) is 0 Å². The lowest BCUT2D eigenvalue weighted by atomic mass is 10.1. The number of carboxylic acid groups (broad SMARTS) is 1. The highest BCUT2D eigenvalue weighted by Crippen LogP contribution is 2.30. The van der Waals surface area contributed by atoms with Crippen molar-refractivity contribution in [3.63, 3.8) is 0 Å². The van der Waals surface area contributed by atoms with E-state index in [2.05, 4.69) is 6.07 Å². The fourth-order valence-electron chi connectivity index (χ4n) is 3.41. The van der Waals surface area contributed by atoms with Crippen LogP contribution in [0, 0.1) is 19.7 Å². The number of aliphatic carboxylic acids is 1. The van der Waals surface area contributed by atoms with Crippen LogP contribution in [0.5, 0.6) is 17.2 Å². The Hall–Kier alpha value is -3.38. The predicted octanol–water partition coefficient (Wildman–Crippen LogP) is 5.76. The lowest BCUT2D eigenvalue weighted by molar-refractivity contribution is -0.138. The maximum absolute atomic E-state index is 13.4. The number of benzene rings is 3. The molecule has 3 aromatic rings. The molecule has 3 aromatic carbocycles. The smallest absolute Gasteiger partial charge is 0.317 e. The number of carboxylic acids is 1. The number of ether oxygens (including phenoxy) is 2. The molecule has 6 heteroatoms. The summed E-state index contributed by atoms with van der Waals surface area (Å²) in [6.45, 7) is 4.51. The molecule has 0 aliphatic heterocycles. The summed E-state index contributed by atoms with van der Waals surface area (Å²) in [5.41, 5.74) is 3.07. The third-order valence-electron chi connectivity index (χ3n) is 5.08. The summed E-state index contributed by atoms with van der Waals surface area (Å²) in [4.78, 5) is 12.6. The van der Waals surface area contributed by atoms with Gasteiger partial charge in [-0.3, -0.25) is 9.69 Å². The third-order valence-corrected chi connectivity index (χ3v) is 5.08. The molecule has 0 radical (unpaired) electrons. The van der Waals surface area contributed by atoms with Crippen molar-refractivity contribution in [3.8, 4) is 17.2 Å². The second kappa shape index (κ2) is 10.8. The number of nitrogens with zero attached hydrogens (tertiary/aromatic N) is 1. The average molecular weight is 438 g/mol. The van der Waals surface area contributed by atoms with Crippen molar-refractivity contribution in [2.45, 2.75) is 26.4 Å². The number of halogens is 1. The van der Waals surface area contributed by atoms with Crippen LogP contribution in [0.2, 0.25) is 0 Å². The number of hydrogen-bond donors (Lipinski definition) is 1. The van der Waals surface area contributed by atoms with Crippen LogP contribution >= 0.6 is 0 Å². The predicted molar refractivity (Wildman–Crippen MR) is 122 cm³/mol. The zero-order valence-corrected chi connectivity index (χ0v) is 18.5. The Bertz CT molecular complexity index is 1030. The highest BCUT2D eigenvalue weighted by atomic mass is 19.1. The zero-order chi connectivity index (χ0) is 23.1. The highest BCUT2D eigenvalue weighted by Gasteiger charge is 2.16. The van der Waals surface area contributed by atoms with E-state index in [4.69, 9.17) is 14.6 Å². The van der Waals surface area contributed by atoms with E-state index in [0.29, 0.717) is 24.5 Å². The van der Waals surface area contributed by atoms with Crippen molar-refractivity contribution in [1.82, 2.24) is 4.90 Å². The SMILES string of the molecule is Cc1ccc(Oc2ccc(OC(CCN(C)CC(=O)O)c3ccc(F)cc3)cc2)c(C)c1. The van der Waals surface area contributed by atoms with Crippen molar-refractivity contribution < 1.29 is 23.8 Å². The summed E-state index contributed by atoms with van der Waals surface area (Å²) in [6, 6.07) is 19.5. The molecule has 1 atom stereocenters. The number of aryl methyl sites for hydroxylation is 2. The summed E-state index contributed by atoms with van der Waals surface area (Å²) in [7, 11) is 1.75. The first kappa shape index (κ1) is 23.3. The van der Waals surface area contributed by atoms with Crippen molar-refractivity contribution in [1.29, 1.82) is 0 Å². The number of rotatable bonds is 10. The van der Waals surface area contributed by atoms with Crippen LogP contribution in [0.25, 0.3) is 0 Å². The number of hydrogen-bond acceptors (Lipinski definition) is 4. The Balaban J connectivity index is 1.70. The second-order valence-corrected chi connectivity index (χ2v) is 7.92. The maximum Gasteiger partial charge on any atom is 0.317 e. The Morgan fingerprint density at radius 1 is 1.00 bits per heavy atom. The molecule has 0 saturated carbocycles. The Kier molecular flexibility index (Phi) is 7.84. The Morgan fingerprint density at radius 3 is 2.28 bits per heavy atom. The molecule has 0 aliphatic carbocycles. The summed E-state index contributed by atoms with van der Waals surface area (Å²) < 4.78 is 25.5. The van der Waals surface area contributed by atoms with E-state index in [1.54, 1.807) is 24.1 Å². The first-order valence-corrected chi connectivity index (χ1v) is 10.5. The van der Waals surface area contributed by atoms with Crippen LogP contribution in [0.4, 0.5) is 4.39 Å². The van der Waals surface area contributed by atoms with Gasteiger partial charge >= 0.3 is 5.97 Å². The quantitative estimate of drug-likeness (QED) is 0.437. The van der Waals surface area contributed by atoms with Gasteiger partial charge in [-0.1, -0.05) is 29.8 Å². The molecular formula is C26H28FNO4. The van der Waals surface area contributed by atoms with Gasteiger partial charge in [0.05, 0.1) is 6.54 Å². The second-order valence-electron chi connectivity index (χ2n) is 7.92. The van der Waals surface area contributed by atoms with Crippen LogP contribution in [-0.2, 0) is 4.79 Å². The van der Waals surface area contributed by atoms with Gasteiger partial charge in [0.1, 0.15) is 29.2 Å². The largest absolute Gasteiger partial charge is 0.486 e. The van der Waals surface area contributed by atoms with Crippen LogP contribution in [-0.4, -0.2) is 36.1 Å². The first-order chi connectivity index (χ1) is 15.3. The van der Waals surface area contributed by atoms with Gasteiger partial charge in [0.2, 0.25) is 0 Å². The van der Waals surface area contributed by atoms with Crippen molar-refractivity contribution in [2.75, 3.05) is 20.1 Å². The molecule has 1 unspecified atom stereocenters. The third kappa shape index (κ3) is 6.82. The minimum atomic E-state index is -0.883. The molecule has 0 heterocycles. The molecule has 1 N–H and O–H groups in total. The van der Waals surface area contributed by atoms with Gasteiger partial charge in [-0.2, -0.15) is 0 Å². The Morgan fingerprint density at radius 2 is 1.66 bits per heavy atom. The van der Waals surface area contributed by atoms with Gasteiger partial charge in [-0.25, -0.2) is 4.39 Å². The zero-order valence-electron chi connectivity index (χ0n) is 18.5. The van der Waals surface area contributed by atoms with Gasteiger partial charge in [-0.15, -0.1) is 0 Å². The van der Waals surface area contributed by atoms with Gasteiger partial charge < -0.3 is 14.6 Å². The molecule has 0 fully saturated rings. The molecule has 5 nitrogen and oxygen atoms in total. The van der Waals surface area contributed by atoms with Crippen molar-refractivity contribution >= 4 is 5.97 Å². The van der Waals surface area contributed by atoms with E-state index in [0.717, 1.165) is 16.9 Å². The van der Waals surface area contributed by atoms with Crippen LogP contribution < -0.4 is 9.47 Å². The van der Waals surface area contributed by atoms with Crippen molar-refractivity contribution in [2.24, 2.45) is 0 Å². The maximum atomic E-state index is 13.4. The van der Waals surface area contributed by atoms with Crippen molar-refractivity contribution in [3.05, 3.63) is 89.2 Å². The van der Waals surface area contributed by atoms with E-state index < -0.39 is 5.97 Å². The molecule has 0 saturated heterocycles. The topological polar surface area (TPSA) is 59.0 Å². The molecular weight excluding hydrogens is 409 g/mol. The molecule has 0 bridgehead atoms. The summed E-state index contributed by atoms with van der Waals surface area (Å²) in [6.07, 6.45) is 0.203. The van der Waals surface area contributed by atoms with E-state index in [1.165, 1.54) is 17.7 Å².